The lowest BCUT2D eigenvalue weighted by atomic mass is 9.92. The number of aryl methyl sites for hydroxylation is 3. The molecule has 0 bridgehead atoms. The minimum atomic E-state index is -0.127. The molecule has 1 aromatic heterocycles. The third-order valence-electron chi connectivity index (χ3n) is 5.97. The van der Waals surface area contributed by atoms with Gasteiger partial charge in [0.25, 0.3) is 0 Å². The van der Waals surface area contributed by atoms with Crippen molar-refractivity contribution in [2.75, 3.05) is 0 Å². The van der Waals surface area contributed by atoms with E-state index in [9.17, 15) is 4.39 Å². The quantitative estimate of drug-likeness (QED) is 0.271. The number of aromatic nitrogens is 1. The van der Waals surface area contributed by atoms with Crippen molar-refractivity contribution in [3.8, 4) is 11.3 Å². The van der Waals surface area contributed by atoms with Gasteiger partial charge in [0.1, 0.15) is 12.9 Å². The fraction of sp³-hybridized carbons (Fsp3) is 0.296. The van der Waals surface area contributed by atoms with E-state index in [4.69, 9.17) is 0 Å². The third kappa shape index (κ3) is 3.42. The zero-order chi connectivity index (χ0) is 20.9. The largest absolute Gasteiger partial charge is 0.220 e. The molecule has 29 heavy (non-hydrogen) atoms. The SMILES string of the molecule is Cc1cc(C)c(C)c(-c2c3ccc4c(F)cc(CC(C)C)cc4c3cc[n+]2C)c1. The molecule has 148 valence electrons. The summed E-state index contributed by atoms with van der Waals surface area (Å²) >= 11 is 0. The van der Waals surface area contributed by atoms with Crippen LogP contribution >= 0.6 is 0 Å². The number of fused-ring (bicyclic) bond motifs is 3. The maximum atomic E-state index is 14.9. The summed E-state index contributed by atoms with van der Waals surface area (Å²) in [6, 6.07) is 14.5. The molecule has 0 aliphatic carbocycles. The van der Waals surface area contributed by atoms with Crippen LogP contribution in [0, 0.1) is 32.5 Å². The maximum absolute atomic E-state index is 14.9. The molecule has 0 aliphatic heterocycles. The second kappa shape index (κ2) is 7.26. The van der Waals surface area contributed by atoms with Gasteiger partial charge in [-0.25, -0.2) is 8.96 Å². The Hall–Kier alpha value is -2.74. The second-order valence-electron chi connectivity index (χ2n) is 8.83. The molecule has 3 aromatic carbocycles. The molecule has 0 amide bonds. The van der Waals surface area contributed by atoms with E-state index < -0.39 is 0 Å². The number of benzene rings is 3. The molecule has 1 heterocycles. The minimum Gasteiger partial charge on any atom is -0.206 e. The molecule has 0 spiro atoms. The Kier molecular flexibility index (Phi) is 4.90. The van der Waals surface area contributed by atoms with E-state index in [1.165, 1.54) is 27.9 Å². The van der Waals surface area contributed by atoms with E-state index in [0.717, 1.165) is 28.1 Å². The fourth-order valence-corrected chi connectivity index (χ4v) is 4.51. The Morgan fingerprint density at radius 2 is 1.59 bits per heavy atom. The van der Waals surface area contributed by atoms with Gasteiger partial charge in [0, 0.05) is 16.8 Å². The van der Waals surface area contributed by atoms with Gasteiger partial charge in [0.15, 0.2) is 6.20 Å². The highest BCUT2D eigenvalue weighted by molar-refractivity contribution is 6.11. The monoisotopic (exact) mass is 386 g/mol. The van der Waals surface area contributed by atoms with Crippen molar-refractivity contribution in [3.63, 3.8) is 0 Å². The first-order valence-corrected chi connectivity index (χ1v) is 10.4. The van der Waals surface area contributed by atoms with E-state index in [1.807, 2.05) is 6.07 Å². The van der Waals surface area contributed by atoms with Crippen LogP contribution in [-0.4, -0.2) is 0 Å². The number of pyridine rings is 1. The van der Waals surface area contributed by atoms with Crippen LogP contribution in [0.4, 0.5) is 4.39 Å². The summed E-state index contributed by atoms with van der Waals surface area (Å²) in [4.78, 5) is 0. The normalized spacial score (nSPS) is 11.7. The number of hydrogen-bond donors (Lipinski definition) is 0. The first-order chi connectivity index (χ1) is 13.8. The van der Waals surface area contributed by atoms with Crippen LogP contribution in [0.1, 0.15) is 36.1 Å². The van der Waals surface area contributed by atoms with Gasteiger partial charge >= 0.3 is 0 Å². The second-order valence-corrected chi connectivity index (χ2v) is 8.83. The minimum absolute atomic E-state index is 0.127. The molecule has 0 saturated carbocycles. The summed E-state index contributed by atoms with van der Waals surface area (Å²) in [6.07, 6.45) is 2.98. The number of nitrogens with zero attached hydrogens (tertiary/aromatic N) is 1. The summed E-state index contributed by atoms with van der Waals surface area (Å²) in [5.74, 6) is 0.366. The summed E-state index contributed by atoms with van der Waals surface area (Å²) in [6.45, 7) is 10.8. The number of hydrogen-bond acceptors (Lipinski definition) is 0. The molecule has 0 saturated heterocycles. The first kappa shape index (κ1) is 19.6. The lowest BCUT2D eigenvalue weighted by molar-refractivity contribution is -0.659. The van der Waals surface area contributed by atoms with Crippen molar-refractivity contribution < 1.29 is 8.96 Å². The Balaban J connectivity index is 2.09. The predicted octanol–water partition coefficient (Wildman–Crippen LogP) is 6.75. The topological polar surface area (TPSA) is 3.88 Å². The van der Waals surface area contributed by atoms with Crippen molar-refractivity contribution in [1.29, 1.82) is 0 Å². The molecule has 0 unspecified atom stereocenters. The summed E-state index contributed by atoms with van der Waals surface area (Å²) < 4.78 is 17.1. The van der Waals surface area contributed by atoms with Crippen LogP contribution in [0.2, 0.25) is 0 Å². The number of halogens is 1. The van der Waals surface area contributed by atoms with Gasteiger partial charge in [-0.1, -0.05) is 37.6 Å². The molecular weight excluding hydrogens is 357 g/mol. The summed E-state index contributed by atoms with van der Waals surface area (Å²) in [5, 5.41) is 3.97. The van der Waals surface area contributed by atoms with Crippen molar-refractivity contribution in [2.45, 2.75) is 41.0 Å². The summed E-state index contributed by atoms with van der Waals surface area (Å²) in [7, 11) is 2.09. The Morgan fingerprint density at radius 1 is 0.862 bits per heavy atom. The standard InChI is InChI=1S/C27H29FN/c1-16(2)11-20-14-25-21-9-10-29(6)27(23(21)8-7-22(25)26(28)15-20)24-13-17(3)12-18(4)19(24)5/h7-10,12-16H,11H2,1-6H3/q+1. The lowest BCUT2D eigenvalue weighted by Crippen LogP contribution is -2.30. The van der Waals surface area contributed by atoms with Gasteiger partial charge in [0.05, 0.1) is 10.9 Å². The average Bonchev–Trinajstić information content (AvgIpc) is 2.64. The van der Waals surface area contributed by atoms with Crippen molar-refractivity contribution in [1.82, 2.24) is 0 Å². The highest BCUT2D eigenvalue weighted by Gasteiger charge is 2.20. The maximum Gasteiger partial charge on any atom is 0.220 e. The van der Waals surface area contributed by atoms with Crippen molar-refractivity contribution in [3.05, 3.63) is 76.7 Å². The van der Waals surface area contributed by atoms with Gasteiger partial charge in [-0.2, -0.15) is 0 Å². The fourth-order valence-electron chi connectivity index (χ4n) is 4.51. The third-order valence-corrected chi connectivity index (χ3v) is 5.97. The van der Waals surface area contributed by atoms with E-state index in [0.29, 0.717) is 11.3 Å². The lowest BCUT2D eigenvalue weighted by Gasteiger charge is -2.13. The Labute approximate surface area is 172 Å². The van der Waals surface area contributed by atoms with Gasteiger partial charge in [-0.15, -0.1) is 0 Å². The van der Waals surface area contributed by atoms with Gasteiger partial charge in [-0.3, -0.25) is 0 Å². The number of rotatable bonds is 3. The van der Waals surface area contributed by atoms with Crippen molar-refractivity contribution >= 4 is 21.5 Å². The van der Waals surface area contributed by atoms with Crippen molar-refractivity contribution in [2.24, 2.45) is 13.0 Å². The Morgan fingerprint density at radius 3 is 2.31 bits per heavy atom. The zero-order valence-electron chi connectivity index (χ0n) is 18.2. The van der Waals surface area contributed by atoms with E-state index >= 15 is 0 Å². The molecule has 0 radical (unpaired) electrons. The van der Waals surface area contributed by atoms with Gasteiger partial charge in [0.2, 0.25) is 5.69 Å². The molecule has 0 atom stereocenters. The van der Waals surface area contributed by atoms with Gasteiger partial charge < -0.3 is 0 Å². The summed E-state index contributed by atoms with van der Waals surface area (Å²) in [5.41, 5.74) is 7.33. The molecule has 4 aromatic rings. The zero-order valence-corrected chi connectivity index (χ0v) is 18.2. The molecule has 0 aliphatic rings. The van der Waals surface area contributed by atoms with Crippen LogP contribution in [0.25, 0.3) is 32.8 Å². The highest BCUT2D eigenvalue weighted by Crippen LogP contribution is 2.35. The highest BCUT2D eigenvalue weighted by atomic mass is 19.1. The molecule has 0 N–H and O–H groups in total. The van der Waals surface area contributed by atoms with E-state index in [2.05, 4.69) is 82.8 Å². The smallest absolute Gasteiger partial charge is 0.206 e. The van der Waals surface area contributed by atoms with Crippen LogP contribution in [-0.2, 0) is 13.5 Å². The van der Waals surface area contributed by atoms with Crippen LogP contribution in [0.5, 0.6) is 0 Å². The molecular formula is C27H29FN+. The van der Waals surface area contributed by atoms with Crippen LogP contribution < -0.4 is 4.57 Å². The predicted molar refractivity (Wildman–Crippen MR) is 121 cm³/mol. The molecule has 1 nitrogen and oxygen atoms in total. The van der Waals surface area contributed by atoms with E-state index in [-0.39, 0.29) is 5.82 Å². The van der Waals surface area contributed by atoms with Gasteiger partial charge in [-0.05, 0) is 73.4 Å². The first-order valence-electron chi connectivity index (χ1n) is 10.4. The average molecular weight is 387 g/mol. The molecule has 0 fully saturated rings. The van der Waals surface area contributed by atoms with Crippen LogP contribution in [0.15, 0.2) is 48.7 Å². The Bertz CT molecular complexity index is 1250. The molecule has 2 heteroatoms. The molecule has 4 rings (SSSR count). The van der Waals surface area contributed by atoms with Crippen LogP contribution in [0.3, 0.4) is 0 Å². The van der Waals surface area contributed by atoms with E-state index in [1.54, 1.807) is 6.07 Å².